The fraction of sp³-hybridized carbons (Fsp3) is 0.800. The van der Waals surface area contributed by atoms with Crippen LogP contribution in [0.25, 0.3) is 0 Å². The second-order valence-corrected chi connectivity index (χ2v) is 20.6. The summed E-state index contributed by atoms with van der Waals surface area (Å²) in [5, 5.41) is 0. The number of carbonyl (C=O) groups excluding carboxylic acids is 3. The molecule has 0 aromatic carbocycles. The summed E-state index contributed by atoms with van der Waals surface area (Å²) in [7, 11) is 0. The van der Waals surface area contributed by atoms with E-state index in [0.29, 0.717) is 19.3 Å². The van der Waals surface area contributed by atoms with E-state index in [0.717, 1.165) is 96.3 Å². The van der Waals surface area contributed by atoms with Crippen molar-refractivity contribution < 1.29 is 28.6 Å². The first-order valence-corrected chi connectivity index (χ1v) is 30.8. The number of allylic oxidation sites excluding steroid dienone is 10. The Kier molecular flexibility index (Phi) is 57.2. The van der Waals surface area contributed by atoms with Gasteiger partial charge in [0, 0.05) is 19.3 Å². The van der Waals surface area contributed by atoms with Crippen molar-refractivity contribution in [3.05, 3.63) is 60.8 Å². The third kappa shape index (κ3) is 57.9. The molecule has 6 nitrogen and oxygen atoms in total. The molecule has 0 radical (unpaired) electrons. The average Bonchev–Trinajstić information content (AvgIpc) is 3.37. The molecule has 0 amide bonds. The molecule has 0 aliphatic rings. The monoisotopic (exact) mass is 993 g/mol. The quantitative estimate of drug-likeness (QED) is 0.0261. The minimum Gasteiger partial charge on any atom is -0.462 e. The van der Waals surface area contributed by atoms with E-state index in [4.69, 9.17) is 14.2 Å². The number of ether oxygens (including phenoxy) is 3. The molecule has 0 unspecified atom stereocenters. The highest BCUT2D eigenvalue weighted by Gasteiger charge is 2.19. The summed E-state index contributed by atoms with van der Waals surface area (Å²) in [4.78, 5) is 38.3. The zero-order chi connectivity index (χ0) is 51.4. The van der Waals surface area contributed by atoms with E-state index in [-0.39, 0.29) is 31.1 Å². The standard InChI is InChI=1S/C65H116O6/c1-4-7-10-13-16-19-22-25-28-31-32-35-38-41-44-47-50-53-56-59-65(68)71-62(60-69-63(66)57-54-51-48-45-42-39-36-33-29-26-23-20-17-14-11-8-5-2)61-70-64(67)58-55-52-49-46-43-40-37-34-30-27-24-21-18-15-12-9-6-3/h7,10,16,19,25,28,32,35,41,44,62H,4-6,8-9,11-15,17-18,20-24,26-27,29-31,33-34,36-40,42-43,45-61H2,1-3H3/b10-7-,19-16-,28-25-,35-32-,44-41-. The van der Waals surface area contributed by atoms with Crippen molar-refractivity contribution in [3.8, 4) is 0 Å². The third-order valence-electron chi connectivity index (χ3n) is 13.5. The zero-order valence-corrected chi connectivity index (χ0v) is 47.2. The summed E-state index contributed by atoms with van der Waals surface area (Å²) >= 11 is 0. The number of rotatable bonds is 56. The van der Waals surface area contributed by atoms with Gasteiger partial charge in [0.05, 0.1) is 0 Å². The fourth-order valence-corrected chi connectivity index (χ4v) is 8.94. The van der Waals surface area contributed by atoms with Crippen molar-refractivity contribution in [2.75, 3.05) is 13.2 Å². The van der Waals surface area contributed by atoms with Crippen LogP contribution in [0, 0.1) is 0 Å². The molecule has 0 aromatic rings. The Morgan fingerprint density at radius 2 is 0.549 bits per heavy atom. The van der Waals surface area contributed by atoms with E-state index in [2.05, 4.69) is 81.5 Å². The van der Waals surface area contributed by atoms with Crippen LogP contribution in [0.15, 0.2) is 60.8 Å². The van der Waals surface area contributed by atoms with E-state index >= 15 is 0 Å². The first-order valence-electron chi connectivity index (χ1n) is 30.8. The lowest BCUT2D eigenvalue weighted by Gasteiger charge is -2.18. The minimum absolute atomic E-state index is 0.0833. The second-order valence-electron chi connectivity index (χ2n) is 20.6. The molecular weight excluding hydrogens is 877 g/mol. The maximum absolute atomic E-state index is 12.9. The molecule has 0 aliphatic heterocycles. The summed E-state index contributed by atoms with van der Waals surface area (Å²) in [6.45, 7) is 6.55. The van der Waals surface area contributed by atoms with Gasteiger partial charge in [-0.25, -0.2) is 0 Å². The molecule has 0 saturated heterocycles. The molecule has 6 heteroatoms. The Bertz CT molecular complexity index is 1220. The Hall–Kier alpha value is -2.89. The van der Waals surface area contributed by atoms with Crippen LogP contribution < -0.4 is 0 Å². The van der Waals surface area contributed by atoms with Crippen molar-refractivity contribution in [3.63, 3.8) is 0 Å². The molecule has 412 valence electrons. The summed E-state index contributed by atoms with van der Waals surface area (Å²) in [5.41, 5.74) is 0. The van der Waals surface area contributed by atoms with Gasteiger partial charge in [0.2, 0.25) is 0 Å². The molecule has 0 fully saturated rings. The van der Waals surface area contributed by atoms with Gasteiger partial charge in [-0.05, 0) is 64.2 Å². The lowest BCUT2D eigenvalue weighted by molar-refractivity contribution is -0.167. The van der Waals surface area contributed by atoms with Crippen molar-refractivity contribution >= 4 is 17.9 Å². The summed E-state index contributed by atoms with van der Waals surface area (Å²) in [6, 6.07) is 0. The van der Waals surface area contributed by atoms with Crippen molar-refractivity contribution in [2.45, 2.75) is 322 Å². The van der Waals surface area contributed by atoms with E-state index in [1.165, 1.54) is 180 Å². The van der Waals surface area contributed by atoms with Crippen LogP contribution in [0.5, 0.6) is 0 Å². The SMILES string of the molecule is CC/C=C\C/C=C\C/C=C\C/C=C\C/C=C\CCCCCC(=O)OC(COC(=O)CCCCCCCCCCCCCCCCCCC)COC(=O)CCCCCCCCCCCCCCCCCCC. The van der Waals surface area contributed by atoms with Gasteiger partial charge in [0.1, 0.15) is 13.2 Å². The molecule has 0 aromatic heterocycles. The van der Waals surface area contributed by atoms with Gasteiger partial charge in [-0.1, -0.05) is 293 Å². The number of unbranched alkanes of at least 4 members (excludes halogenated alkanes) is 35. The first-order chi connectivity index (χ1) is 35.0. The van der Waals surface area contributed by atoms with Crippen LogP contribution in [-0.4, -0.2) is 37.2 Å². The molecule has 0 atom stereocenters. The average molecular weight is 994 g/mol. The third-order valence-corrected chi connectivity index (χ3v) is 13.5. The van der Waals surface area contributed by atoms with E-state index < -0.39 is 6.10 Å². The van der Waals surface area contributed by atoms with Gasteiger partial charge >= 0.3 is 17.9 Å². The Labute approximate surface area is 440 Å². The number of carbonyl (C=O) groups is 3. The van der Waals surface area contributed by atoms with Gasteiger partial charge in [-0.15, -0.1) is 0 Å². The highest BCUT2D eigenvalue weighted by Crippen LogP contribution is 2.17. The summed E-state index contributed by atoms with van der Waals surface area (Å²) in [6.07, 6.45) is 75.0. The van der Waals surface area contributed by atoms with Crippen molar-refractivity contribution in [1.82, 2.24) is 0 Å². The summed E-state index contributed by atoms with van der Waals surface area (Å²) < 4.78 is 16.9. The largest absolute Gasteiger partial charge is 0.462 e. The molecule has 0 bridgehead atoms. The van der Waals surface area contributed by atoms with Gasteiger partial charge in [-0.3, -0.25) is 14.4 Å². The minimum atomic E-state index is -0.789. The molecule has 0 spiro atoms. The van der Waals surface area contributed by atoms with Gasteiger partial charge < -0.3 is 14.2 Å². The predicted molar refractivity (Wildman–Crippen MR) is 307 cm³/mol. The van der Waals surface area contributed by atoms with E-state index in [1.807, 2.05) is 0 Å². The molecule has 0 rings (SSSR count). The Morgan fingerprint density at radius 3 is 0.859 bits per heavy atom. The van der Waals surface area contributed by atoms with Crippen molar-refractivity contribution in [2.24, 2.45) is 0 Å². The molecule has 71 heavy (non-hydrogen) atoms. The highest BCUT2D eigenvalue weighted by molar-refractivity contribution is 5.71. The van der Waals surface area contributed by atoms with E-state index in [1.54, 1.807) is 0 Å². The number of hydrogen-bond donors (Lipinski definition) is 0. The van der Waals surface area contributed by atoms with Gasteiger partial charge in [0.25, 0.3) is 0 Å². The molecule has 0 saturated carbocycles. The van der Waals surface area contributed by atoms with E-state index in [9.17, 15) is 14.4 Å². The van der Waals surface area contributed by atoms with Crippen LogP contribution in [0.1, 0.15) is 316 Å². The maximum Gasteiger partial charge on any atom is 0.306 e. The van der Waals surface area contributed by atoms with Crippen LogP contribution in [0.4, 0.5) is 0 Å². The Balaban J connectivity index is 4.41. The maximum atomic E-state index is 12.9. The predicted octanol–water partition coefficient (Wildman–Crippen LogP) is 20.8. The smallest absolute Gasteiger partial charge is 0.306 e. The number of esters is 3. The topological polar surface area (TPSA) is 78.9 Å². The number of hydrogen-bond acceptors (Lipinski definition) is 6. The molecule has 0 heterocycles. The zero-order valence-electron chi connectivity index (χ0n) is 47.2. The Morgan fingerprint density at radius 1 is 0.296 bits per heavy atom. The summed E-state index contributed by atoms with van der Waals surface area (Å²) in [5.74, 6) is -0.896. The molecule has 0 aliphatic carbocycles. The lowest BCUT2D eigenvalue weighted by Crippen LogP contribution is -2.30. The second kappa shape index (κ2) is 59.7. The highest BCUT2D eigenvalue weighted by atomic mass is 16.6. The molecule has 0 N–H and O–H groups in total. The molecular formula is C65H116O6. The van der Waals surface area contributed by atoms with Crippen LogP contribution in [0.2, 0.25) is 0 Å². The van der Waals surface area contributed by atoms with Crippen LogP contribution in [0.3, 0.4) is 0 Å². The van der Waals surface area contributed by atoms with Crippen molar-refractivity contribution in [1.29, 1.82) is 0 Å². The first kappa shape index (κ1) is 68.1. The van der Waals surface area contributed by atoms with Crippen LogP contribution >= 0.6 is 0 Å². The fourth-order valence-electron chi connectivity index (χ4n) is 8.94. The van der Waals surface area contributed by atoms with Gasteiger partial charge in [-0.2, -0.15) is 0 Å². The normalized spacial score (nSPS) is 12.1. The van der Waals surface area contributed by atoms with Crippen LogP contribution in [-0.2, 0) is 28.6 Å². The van der Waals surface area contributed by atoms with Gasteiger partial charge in [0.15, 0.2) is 6.10 Å². The lowest BCUT2D eigenvalue weighted by atomic mass is 10.0.